The van der Waals surface area contributed by atoms with Crippen molar-refractivity contribution in [3.8, 4) is 11.5 Å². The molecule has 1 aliphatic rings. The van der Waals surface area contributed by atoms with E-state index < -0.39 is 0 Å². The molecule has 6 nitrogen and oxygen atoms in total. The summed E-state index contributed by atoms with van der Waals surface area (Å²) in [6.07, 6.45) is 2.60. The van der Waals surface area contributed by atoms with Crippen LogP contribution in [0.1, 0.15) is 22.4 Å². The fourth-order valence-corrected chi connectivity index (χ4v) is 3.30. The summed E-state index contributed by atoms with van der Waals surface area (Å²) in [5.74, 6) is 0.135. The highest BCUT2D eigenvalue weighted by Crippen LogP contribution is 2.29. The molecule has 0 saturated heterocycles. The van der Waals surface area contributed by atoms with Crippen molar-refractivity contribution in [1.29, 1.82) is 0 Å². The van der Waals surface area contributed by atoms with Crippen molar-refractivity contribution >= 4 is 11.8 Å². The average Bonchev–Trinajstić information content (AvgIpc) is 2.51. The topological polar surface area (TPSA) is 89.5 Å². The number of thioether (sulfide) groups is 1. The van der Waals surface area contributed by atoms with E-state index in [2.05, 4.69) is 14.9 Å². The van der Waals surface area contributed by atoms with E-state index in [1.54, 1.807) is 6.07 Å². The molecule has 3 rings (SSSR count). The number of aryl methyl sites for hydroxylation is 1. The quantitative estimate of drug-likeness (QED) is 0.586. The molecule has 1 aromatic heterocycles. The van der Waals surface area contributed by atoms with Gasteiger partial charge >= 0.3 is 0 Å². The van der Waals surface area contributed by atoms with Crippen molar-refractivity contribution in [1.82, 2.24) is 14.9 Å². The Morgan fingerprint density at radius 1 is 1.39 bits per heavy atom. The lowest BCUT2D eigenvalue weighted by molar-refractivity contribution is 0.237. The summed E-state index contributed by atoms with van der Waals surface area (Å²) >= 11 is 1.43. The van der Waals surface area contributed by atoms with Gasteiger partial charge in [-0.25, -0.2) is 4.98 Å². The second-order valence-electron chi connectivity index (χ2n) is 5.72. The number of rotatable bonds is 3. The number of nitrogens with one attached hydrogen (secondary N) is 1. The number of phenols is 2. The first-order chi connectivity index (χ1) is 11.0. The molecule has 0 atom stereocenters. The summed E-state index contributed by atoms with van der Waals surface area (Å²) in [6.45, 7) is 3.66. The Morgan fingerprint density at radius 3 is 2.87 bits per heavy atom. The molecule has 0 amide bonds. The number of aromatic nitrogens is 2. The van der Waals surface area contributed by atoms with Crippen LogP contribution < -0.4 is 5.56 Å². The molecule has 1 aliphatic heterocycles. The maximum atomic E-state index is 12.2. The van der Waals surface area contributed by atoms with Crippen LogP contribution in [0.5, 0.6) is 11.5 Å². The number of fused-ring (bicyclic) bond motifs is 1. The van der Waals surface area contributed by atoms with Gasteiger partial charge in [0.05, 0.1) is 11.3 Å². The highest BCUT2D eigenvalue weighted by Gasteiger charge is 2.22. The lowest BCUT2D eigenvalue weighted by atomic mass is 10.0. The van der Waals surface area contributed by atoms with E-state index in [1.807, 2.05) is 13.2 Å². The highest BCUT2D eigenvalue weighted by atomic mass is 32.2. The molecule has 23 heavy (non-hydrogen) atoms. The van der Waals surface area contributed by atoms with Crippen molar-refractivity contribution in [3.05, 3.63) is 44.9 Å². The van der Waals surface area contributed by atoms with Crippen molar-refractivity contribution in [2.45, 2.75) is 31.6 Å². The molecule has 0 spiro atoms. The Hall–Kier alpha value is -1.99. The van der Waals surface area contributed by atoms with Crippen LogP contribution in [0.15, 0.2) is 22.1 Å². The summed E-state index contributed by atoms with van der Waals surface area (Å²) in [5, 5.41) is 20.2. The van der Waals surface area contributed by atoms with Crippen LogP contribution in [0.25, 0.3) is 0 Å². The van der Waals surface area contributed by atoms with Gasteiger partial charge in [0.15, 0.2) is 5.16 Å². The van der Waals surface area contributed by atoms with Crippen LogP contribution in [0.2, 0.25) is 0 Å². The van der Waals surface area contributed by atoms with Gasteiger partial charge in [-0.2, -0.15) is 0 Å². The maximum absolute atomic E-state index is 12.2. The fourth-order valence-electron chi connectivity index (χ4n) is 2.90. The molecule has 7 heteroatoms. The van der Waals surface area contributed by atoms with Gasteiger partial charge in [0.25, 0.3) is 5.56 Å². The van der Waals surface area contributed by atoms with Gasteiger partial charge in [-0.1, -0.05) is 11.8 Å². The molecule has 0 fully saturated rings. The minimum absolute atomic E-state index is 0.0537. The van der Waals surface area contributed by atoms with E-state index >= 15 is 0 Å². The van der Waals surface area contributed by atoms with E-state index in [0.29, 0.717) is 30.2 Å². The molecule has 0 saturated carbocycles. The number of nitrogens with zero attached hydrogens (tertiary/aromatic N) is 2. The van der Waals surface area contributed by atoms with E-state index in [9.17, 15) is 15.0 Å². The molecule has 1 aromatic carbocycles. The zero-order valence-electron chi connectivity index (χ0n) is 13.1. The zero-order chi connectivity index (χ0) is 16.6. The van der Waals surface area contributed by atoms with E-state index in [0.717, 1.165) is 23.4 Å². The predicted molar refractivity (Wildman–Crippen MR) is 89.0 cm³/mol. The van der Waals surface area contributed by atoms with Gasteiger partial charge in [0.1, 0.15) is 11.5 Å². The third kappa shape index (κ3) is 3.20. The van der Waals surface area contributed by atoms with Gasteiger partial charge in [0, 0.05) is 37.7 Å². The van der Waals surface area contributed by atoms with Crippen LogP contribution in [-0.2, 0) is 19.5 Å². The summed E-state index contributed by atoms with van der Waals surface area (Å²) in [6, 6.07) is 2.98. The molecule has 0 aliphatic carbocycles. The molecule has 122 valence electrons. The van der Waals surface area contributed by atoms with Crippen LogP contribution in [0.4, 0.5) is 0 Å². The molecular formula is C16H19N3O3S. The van der Waals surface area contributed by atoms with Gasteiger partial charge in [-0.3, -0.25) is 9.69 Å². The van der Waals surface area contributed by atoms with Crippen LogP contribution in [-0.4, -0.2) is 37.9 Å². The normalized spacial score (nSPS) is 14.7. The third-order valence-corrected chi connectivity index (χ3v) is 4.72. The first-order valence-electron chi connectivity index (χ1n) is 7.37. The lowest BCUT2D eigenvalue weighted by Crippen LogP contribution is -2.35. The Bertz CT molecular complexity index is 781. The first kappa shape index (κ1) is 15.9. The number of benzene rings is 1. The zero-order valence-corrected chi connectivity index (χ0v) is 13.9. The van der Waals surface area contributed by atoms with Gasteiger partial charge in [-0.05, 0) is 24.8 Å². The van der Waals surface area contributed by atoms with Gasteiger partial charge in [-0.15, -0.1) is 0 Å². The first-order valence-corrected chi connectivity index (χ1v) is 8.60. The van der Waals surface area contributed by atoms with Crippen LogP contribution in [0.3, 0.4) is 0 Å². The largest absolute Gasteiger partial charge is 0.508 e. The number of aromatic hydroxyl groups is 2. The molecule has 0 radical (unpaired) electrons. The summed E-state index contributed by atoms with van der Waals surface area (Å²) in [7, 11) is 0. The predicted octanol–water partition coefficient (Wildman–Crippen LogP) is 1.77. The monoisotopic (exact) mass is 333 g/mol. The smallest absolute Gasteiger partial charge is 0.256 e. The number of phenolic OH excluding ortho intramolecular Hbond substituents is 2. The van der Waals surface area contributed by atoms with Crippen molar-refractivity contribution < 1.29 is 10.2 Å². The second kappa shape index (κ2) is 6.25. The number of H-pyrrole nitrogens is 1. The summed E-state index contributed by atoms with van der Waals surface area (Å²) in [4.78, 5) is 21.6. The van der Waals surface area contributed by atoms with E-state index in [-0.39, 0.29) is 17.1 Å². The average molecular weight is 333 g/mol. The molecule has 2 aromatic rings. The Labute approximate surface area is 138 Å². The number of hydrogen-bond donors (Lipinski definition) is 3. The van der Waals surface area contributed by atoms with Gasteiger partial charge < -0.3 is 15.2 Å². The summed E-state index contributed by atoms with van der Waals surface area (Å²) < 4.78 is 0. The minimum Gasteiger partial charge on any atom is -0.508 e. The van der Waals surface area contributed by atoms with Crippen LogP contribution in [0, 0.1) is 6.92 Å². The van der Waals surface area contributed by atoms with E-state index in [4.69, 9.17) is 0 Å². The van der Waals surface area contributed by atoms with E-state index in [1.165, 1.54) is 17.8 Å². The number of hydrogen-bond acceptors (Lipinski definition) is 6. The Kier molecular flexibility index (Phi) is 4.32. The van der Waals surface area contributed by atoms with Crippen molar-refractivity contribution in [2.24, 2.45) is 0 Å². The van der Waals surface area contributed by atoms with Gasteiger partial charge in [0.2, 0.25) is 0 Å². The SMILES string of the molecule is CSc1nc2c(c(=O)[nH]1)CN(Cc1c(C)cc(O)cc1O)CC2. The molecular weight excluding hydrogens is 314 g/mol. The molecule has 3 N–H and O–H groups in total. The molecule has 0 unspecified atom stereocenters. The Morgan fingerprint density at radius 2 is 2.17 bits per heavy atom. The standard InChI is InChI=1S/C16H19N3O3S/c1-9-5-10(20)6-14(21)11(9)7-19-4-3-13-12(8-19)15(22)18-16(17-13)23-2/h5-6,20-21H,3-4,7-8H2,1-2H3,(H,17,18,22). The Balaban J connectivity index is 1.85. The van der Waals surface area contributed by atoms with Crippen molar-refractivity contribution in [3.63, 3.8) is 0 Å². The fraction of sp³-hybridized carbons (Fsp3) is 0.375. The minimum atomic E-state index is -0.0873. The van der Waals surface area contributed by atoms with Crippen molar-refractivity contribution in [2.75, 3.05) is 12.8 Å². The maximum Gasteiger partial charge on any atom is 0.256 e. The van der Waals surface area contributed by atoms with Crippen LogP contribution >= 0.6 is 11.8 Å². The molecule has 0 bridgehead atoms. The molecule has 2 heterocycles. The highest BCUT2D eigenvalue weighted by molar-refractivity contribution is 7.98. The lowest BCUT2D eigenvalue weighted by Gasteiger charge is -2.28. The second-order valence-corrected chi connectivity index (χ2v) is 6.52. The third-order valence-electron chi connectivity index (χ3n) is 4.14. The number of aromatic amines is 1. The summed E-state index contributed by atoms with van der Waals surface area (Å²) in [5.41, 5.74) is 3.08.